The largest absolute Gasteiger partial charge is 0.310 e. The van der Waals surface area contributed by atoms with Crippen LogP contribution in [0.1, 0.15) is 50.8 Å². The second-order valence-corrected chi connectivity index (χ2v) is 4.72. The highest BCUT2D eigenvalue weighted by molar-refractivity contribution is 5.23. The van der Waals surface area contributed by atoms with Crippen molar-refractivity contribution >= 4 is 0 Å². The van der Waals surface area contributed by atoms with Gasteiger partial charge in [0.15, 0.2) is 0 Å². The Balaban J connectivity index is 2.46. The molecule has 1 heteroatoms. The molecule has 0 spiro atoms. The summed E-state index contributed by atoms with van der Waals surface area (Å²) >= 11 is 0. The maximum Gasteiger partial charge on any atom is 0.0291 e. The molecule has 0 aliphatic rings. The van der Waals surface area contributed by atoms with Gasteiger partial charge in [-0.1, -0.05) is 56.5 Å². The Morgan fingerprint density at radius 1 is 1.06 bits per heavy atom. The van der Waals surface area contributed by atoms with Crippen LogP contribution in [0, 0.1) is 12.8 Å². The minimum absolute atomic E-state index is 0.459. The minimum atomic E-state index is 0.459. The topological polar surface area (TPSA) is 12.0 Å². The third-order valence-electron chi connectivity index (χ3n) is 3.44. The molecule has 0 saturated carbocycles. The van der Waals surface area contributed by atoms with Crippen molar-refractivity contribution in [1.29, 1.82) is 0 Å². The number of rotatable bonds is 6. The Morgan fingerprint density at radius 3 is 2.12 bits per heavy atom. The van der Waals surface area contributed by atoms with E-state index in [2.05, 4.69) is 57.3 Å². The molecule has 1 aromatic carbocycles. The fraction of sp³-hybridized carbons (Fsp3) is 0.600. The van der Waals surface area contributed by atoms with Gasteiger partial charge in [0.25, 0.3) is 0 Å². The number of hydrogen-bond acceptors (Lipinski definition) is 1. The lowest BCUT2D eigenvalue weighted by atomic mass is 10.0. The normalized spacial score (nSPS) is 13.1. The van der Waals surface area contributed by atoms with Crippen molar-refractivity contribution in [2.24, 2.45) is 5.92 Å². The molecule has 1 nitrogen and oxygen atoms in total. The molecule has 16 heavy (non-hydrogen) atoms. The van der Waals surface area contributed by atoms with Gasteiger partial charge in [-0.05, 0) is 31.9 Å². The fourth-order valence-electron chi connectivity index (χ4n) is 1.89. The summed E-state index contributed by atoms with van der Waals surface area (Å²) in [5.41, 5.74) is 2.72. The fourth-order valence-corrected chi connectivity index (χ4v) is 1.89. The van der Waals surface area contributed by atoms with Gasteiger partial charge in [-0.25, -0.2) is 0 Å². The van der Waals surface area contributed by atoms with Crippen molar-refractivity contribution < 1.29 is 0 Å². The van der Waals surface area contributed by atoms with Crippen molar-refractivity contribution in [1.82, 2.24) is 5.32 Å². The lowest BCUT2D eigenvalue weighted by Crippen LogP contribution is -2.25. The molecule has 1 atom stereocenters. The molecule has 0 bridgehead atoms. The maximum atomic E-state index is 3.62. The molecule has 0 aliphatic heterocycles. The van der Waals surface area contributed by atoms with Gasteiger partial charge in [0.1, 0.15) is 0 Å². The van der Waals surface area contributed by atoms with E-state index >= 15 is 0 Å². The second-order valence-electron chi connectivity index (χ2n) is 4.72. The van der Waals surface area contributed by atoms with E-state index in [0.29, 0.717) is 6.04 Å². The Kier molecular flexibility index (Phi) is 5.54. The zero-order valence-electron chi connectivity index (χ0n) is 11.1. The first-order valence-electron chi connectivity index (χ1n) is 6.47. The van der Waals surface area contributed by atoms with Crippen molar-refractivity contribution in [3.05, 3.63) is 35.4 Å². The average molecular weight is 219 g/mol. The predicted octanol–water partition coefficient (Wildman–Crippen LogP) is 4.08. The highest BCUT2D eigenvalue weighted by Gasteiger charge is 2.07. The Labute approximate surface area is 100 Å². The van der Waals surface area contributed by atoms with Gasteiger partial charge in [-0.3, -0.25) is 0 Å². The SMILES string of the molecule is CCC(CC)CN[C@@H](C)c1ccc(C)cc1. The molecule has 0 aromatic heterocycles. The van der Waals surface area contributed by atoms with E-state index in [4.69, 9.17) is 0 Å². The molecular weight excluding hydrogens is 194 g/mol. The molecule has 1 N–H and O–H groups in total. The lowest BCUT2D eigenvalue weighted by Gasteiger charge is -2.19. The van der Waals surface area contributed by atoms with Gasteiger partial charge in [0.05, 0.1) is 0 Å². The van der Waals surface area contributed by atoms with Crippen LogP contribution in [-0.2, 0) is 0 Å². The standard InChI is InChI=1S/C15H25N/c1-5-14(6-2)11-16-13(4)15-9-7-12(3)8-10-15/h7-10,13-14,16H,5-6,11H2,1-4H3/t13-/m0/s1. The van der Waals surface area contributed by atoms with E-state index in [9.17, 15) is 0 Å². The van der Waals surface area contributed by atoms with Crippen LogP contribution < -0.4 is 5.32 Å². The monoisotopic (exact) mass is 219 g/mol. The van der Waals surface area contributed by atoms with Gasteiger partial charge < -0.3 is 5.32 Å². The molecule has 1 aromatic rings. The molecule has 0 fully saturated rings. The third-order valence-corrected chi connectivity index (χ3v) is 3.44. The first-order chi connectivity index (χ1) is 7.67. The number of benzene rings is 1. The zero-order valence-corrected chi connectivity index (χ0v) is 11.1. The van der Waals surface area contributed by atoms with E-state index in [0.717, 1.165) is 12.5 Å². The Hall–Kier alpha value is -0.820. The van der Waals surface area contributed by atoms with Gasteiger partial charge in [0, 0.05) is 6.04 Å². The molecule has 0 heterocycles. The number of nitrogens with one attached hydrogen (secondary N) is 1. The van der Waals surface area contributed by atoms with Crippen molar-refractivity contribution in [3.63, 3.8) is 0 Å². The summed E-state index contributed by atoms with van der Waals surface area (Å²) in [6.45, 7) is 10.0. The van der Waals surface area contributed by atoms with Crippen LogP contribution in [0.15, 0.2) is 24.3 Å². The summed E-state index contributed by atoms with van der Waals surface area (Å²) < 4.78 is 0. The number of hydrogen-bond donors (Lipinski definition) is 1. The van der Waals surface area contributed by atoms with Crippen LogP contribution in [-0.4, -0.2) is 6.54 Å². The molecule has 0 amide bonds. The molecular formula is C15H25N. The summed E-state index contributed by atoms with van der Waals surface area (Å²) in [7, 11) is 0. The van der Waals surface area contributed by atoms with Gasteiger partial charge in [0.2, 0.25) is 0 Å². The smallest absolute Gasteiger partial charge is 0.0291 e. The van der Waals surface area contributed by atoms with Crippen molar-refractivity contribution in [2.75, 3.05) is 6.54 Å². The Bertz CT molecular complexity index is 285. The summed E-state index contributed by atoms with van der Waals surface area (Å²) in [4.78, 5) is 0. The molecule has 90 valence electrons. The summed E-state index contributed by atoms with van der Waals surface area (Å²) in [6, 6.07) is 9.27. The van der Waals surface area contributed by atoms with Crippen LogP contribution >= 0.6 is 0 Å². The zero-order chi connectivity index (χ0) is 12.0. The number of aryl methyl sites for hydroxylation is 1. The summed E-state index contributed by atoms with van der Waals surface area (Å²) in [5, 5.41) is 3.62. The molecule has 0 unspecified atom stereocenters. The van der Waals surface area contributed by atoms with Crippen LogP contribution in [0.4, 0.5) is 0 Å². The van der Waals surface area contributed by atoms with E-state index in [-0.39, 0.29) is 0 Å². The quantitative estimate of drug-likeness (QED) is 0.760. The highest BCUT2D eigenvalue weighted by Crippen LogP contribution is 2.14. The summed E-state index contributed by atoms with van der Waals surface area (Å²) in [6.07, 6.45) is 2.54. The molecule has 0 radical (unpaired) electrons. The lowest BCUT2D eigenvalue weighted by molar-refractivity contribution is 0.422. The first kappa shape index (κ1) is 13.2. The van der Waals surface area contributed by atoms with E-state index in [1.165, 1.54) is 24.0 Å². The minimum Gasteiger partial charge on any atom is -0.310 e. The average Bonchev–Trinajstić information content (AvgIpc) is 2.31. The summed E-state index contributed by atoms with van der Waals surface area (Å²) in [5.74, 6) is 0.813. The van der Waals surface area contributed by atoms with Crippen LogP contribution in [0.5, 0.6) is 0 Å². The predicted molar refractivity (Wildman–Crippen MR) is 71.7 cm³/mol. The van der Waals surface area contributed by atoms with Gasteiger partial charge in [-0.15, -0.1) is 0 Å². The van der Waals surface area contributed by atoms with Gasteiger partial charge in [-0.2, -0.15) is 0 Å². The van der Waals surface area contributed by atoms with Crippen molar-refractivity contribution in [2.45, 2.75) is 46.6 Å². The first-order valence-corrected chi connectivity index (χ1v) is 6.47. The van der Waals surface area contributed by atoms with Gasteiger partial charge >= 0.3 is 0 Å². The van der Waals surface area contributed by atoms with Crippen LogP contribution in [0.25, 0.3) is 0 Å². The van der Waals surface area contributed by atoms with E-state index < -0.39 is 0 Å². The molecule has 0 saturated heterocycles. The van der Waals surface area contributed by atoms with Crippen LogP contribution in [0.2, 0.25) is 0 Å². The molecule has 0 aliphatic carbocycles. The van der Waals surface area contributed by atoms with Crippen molar-refractivity contribution in [3.8, 4) is 0 Å². The Morgan fingerprint density at radius 2 is 1.62 bits per heavy atom. The molecule has 1 rings (SSSR count). The maximum absolute atomic E-state index is 3.62. The van der Waals surface area contributed by atoms with E-state index in [1.807, 2.05) is 0 Å². The second kappa shape index (κ2) is 6.70. The highest BCUT2D eigenvalue weighted by atomic mass is 14.9. The van der Waals surface area contributed by atoms with Crippen LogP contribution in [0.3, 0.4) is 0 Å². The third kappa shape index (κ3) is 3.97. The van der Waals surface area contributed by atoms with E-state index in [1.54, 1.807) is 0 Å².